The summed E-state index contributed by atoms with van der Waals surface area (Å²) >= 11 is 7.53. The van der Waals surface area contributed by atoms with E-state index in [0.717, 1.165) is 28.0 Å². The topological polar surface area (TPSA) is 63.9 Å². The number of fused-ring (bicyclic) bond motifs is 1. The fraction of sp³-hybridized carbons (Fsp3) is 0.367. The lowest BCUT2D eigenvalue weighted by molar-refractivity contribution is -0.127. The average Bonchev–Trinajstić information content (AvgIpc) is 3.19. The summed E-state index contributed by atoms with van der Waals surface area (Å²) in [6, 6.07) is 10.8. The number of allylic oxidation sites excluding steroid dienone is 1. The number of aromatic nitrogens is 1. The largest absolute Gasteiger partial charge is 0.496 e. The Labute approximate surface area is 232 Å². The van der Waals surface area contributed by atoms with Crippen molar-refractivity contribution in [2.45, 2.75) is 53.5 Å². The van der Waals surface area contributed by atoms with Crippen LogP contribution < -0.4 is 19.6 Å². The van der Waals surface area contributed by atoms with E-state index in [-0.39, 0.29) is 17.4 Å². The molecule has 1 aliphatic rings. The van der Waals surface area contributed by atoms with Gasteiger partial charge >= 0.3 is 0 Å². The number of hydrogen-bond acceptors (Lipinski definition) is 5. The second kappa shape index (κ2) is 11.3. The zero-order valence-electron chi connectivity index (χ0n) is 23.0. The second-order valence-electron chi connectivity index (χ2n) is 9.72. The summed E-state index contributed by atoms with van der Waals surface area (Å²) in [5, 5.41) is 0.592. The van der Waals surface area contributed by atoms with Crippen molar-refractivity contribution in [3.05, 3.63) is 94.6 Å². The molecular formula is C30H34ClN3O3S. The van der Waals surface area contributed by atoms with Gasteiger partial charge in [0.2, 0.25) is 0 Å². The number of amides is 1. The standard InChI is InChI=1S/C30H34ClN3O3S/c1-8-33(9-2)29(36)26-19(6)32-30-34(27(26)20-10-12-22(31)13-11-20)28(35)25(38-30)16-21-15-23(17(3)4)24(37-7)14-18(21)5/h10-17,27H,8-9H2,1-7H3/b25-16+/t27-/m1/s1. The molecule has 200 valence electrons. The van der Waals surface area contributed by atoms with Gasteiger partial charge in [0.15, 0.2) is 4.80 Å². The number of carbonyl (C=O) groups excluding carboxylic acids is 1. The summed E-state index contributed by atoms with van der Waals surface area (Å²) in [4.78, 5) is 34.8. The second-order valence-corrected chi connectivity index (χ2v) is 11.2. The van der Waals surface area contributed by atoms with Crippen LogP contribution in [0.1, 0.15) is 68.8 Å². The maximum Gasteiger partial charge on any atom is 0.271 e. The van der Waals surface area contributed by atoms with Crippen molar-refractivity contribution in [1.82, 2.24) is 9.47 Å². The molecule has 2 heterocycles. The third-order valence-corrected chi connectivity index (χ3v) is 8.25. The molecule has 38 heavy (non-hydrogen) atoms. The van der Waals surface area contributed by atoms with Crippen molar-refractivity contribution in [1.29, 1.82) is 0 Å². The van der Waals surface area contributed by atoms with E-state index < -0.39 is 6.04 Å². The molecule has 0 saturated heterocycles. The van der Waals surface area contributed by atoms with Gasteiger partial charge in [0, 0.05) is 18.1 Å². The third-order valence-electron chi connectivity index (χ3n) is 7.02. The van der Waals surface area contributed by atoms with E-state index in [0.29, 0.717) is 38.7 Å². The van der Waals surface area contributed by atoms with Crippen LogP contribution in [0.4, 0.5) is 0 Å². The zero-order valence-corrected chi connectivity index (χ0v) is 24.5. The van der Waals surface area contributed by atoms with Gasteiger partial charge in [-0.1, -0.05) is 48.9 Å². The van der Waals surface area contributed by atoms with Gasteiger partial charge in [0.05, 0.1) is 29.0 Å². The Balaban J connectivity index is 1.96. The molecule has 0 radical (unpaired) electrons. The minimum atomic E-state index is -0.595. The van der Waals surface area contributed by atoms with Gasteiger partial charge in [-0.2, -0.15) is 0 Å². The van der Waals surface area contributed by atoms with E-state index in [1.54, 1.807) is 28.7 Å². The molecule has 0 saturated carbocycles. The van der Waals surface area contributed by atoms with Crippen LogP contribution in [0.15, 0.2) is 57.5 Å². The SMILES string of the molecule is CCN(CC)C(=O)C1=C(C)N=c2s/c(=C/c3cc(C(C)C)c(OC)cc3C)c(=O)n2[C@@H]1c1ccc(Cl)cc1. The lowest BCUT2D eigenvalue weighted by atomic mass is 9.94. The lowest BCUT2D eigenvalue weighted by Gasteiger charge is -2.29. The highest BCUT2D eigenvalue weighted by molar-refractivity contribution is 7.07. The fourth-order valence-corrected chi connectivity index (χ4v) is 6.04. The lowest BCUT2D eigenvalue weighted by Crippen LogP contribution is -2.43. The number of rotatable bonds is 7. The number of thiazole rings is 1. The van der Waals surface area contributed by atoms with Gasteiger partial charge in [-0.15, -0.1) is 0 Å². The molecule has 0 fully saturated rings. The molecule has 0 spiro atoms. The molecule has 3 aromatic rings. The molecule has 8 heteroatoms. The third kappa shape index (κ3) is 5.09. The number of aryl methyl sites for hydroxylation is 1. The Morgan fingerprint density at radius 1 is 1.18 bits per heavy atom. The normalized spacial score (nSPS) is 15.5. The van der Waals surface area contributed by atoms with Gasteiger partial charge in [-0.3, -0.25) is 14.2 Å². The van der Waals surface area contributed by atoms with Crippen molar-refractivity contribution >= 4 is 34.9 Å². The summed E-state index contributed by atoms with van der Waals surface area (Å²) in [5.41, 5.74) is 4.83. The Bertz CT molecular complexity index is 1580. The van der Waals surface area contributed by atoms with Gasteiger partial charge in [-0.25, -0.2) is 4.99 Å². The van der Waals surface area contributed by atoms with Crippen molar-refractivity contribution < 1.29 is 9.53 Å². The van der Waals surface area contributed by atoms with Crippen molar-refractivity contribution in [2.24, 2.45) is 4.99 Å². The van der Waals surface area contributed by atoms with Crippen LogP contribution in [0.25, 0.3) is 6.08 Å². The highest BCUT2D eigenvalue weighted by atomic mass is 35.5. The molecule has 4 rings (SSSR count). The maximum atomic E-state index is 14.0. The first-order valence-corrected chi connectivity index (χ1v) is 14.1. The molecule has 2 aromatic carbocycles. The molecule has 1 aromatic heterocycles. The van der Waals surface area contributed by atoms with Crippen LogP contribution in [0.2, 0.25) is 5.02 Å². The molecule has 1 amide bonds. The van der Waals surface area contributed by atoms with E-state index in [9.17, 15) is 9.59 Å². The average molecular weight is 552 g/mol. The van der Waals surface area contributed by atoms with Gasteiger partial charge < -0.3 is 9.64 Å². The molecule has 6 nitrogen and oxygen atoms in total. The first-order chi connectivity index (χ1) is 18.1. The number of halogens is 1. The fourth-order valence-electron chi connectivity index (χ4n) is 4.88. The van der Waals surface area contributed by atoms with Crippen molar-refractivity contribution in [3.63, 3.8) is 0 Å². The van der Waals surface area contributed by atoms with Crippen LogP contribution >= 0.6 is 22.9 Å². The van der Waals surface area contributed by atoms with Gasteiger partial charge in [0.25, 0.3) is 11.5 Å². The Morgan fingerprint density at radius 2 is 1.84 bits per heavy atom. The van der Waals surface area contributed by atoms with E-state index >= 15 is 0 Å². The number of ether oxygens (including phenoxy) is 1. The number of carbonyl (C=O) groups is 1. The Morgan fingerprint density at radius 3 is 2.42 bits per heavy atom. The minimum absolute atomic E-state index is 0.113. The van der Waals surface area contributed by atoms with Crippen LogP contribution in [0.3, 0.4) is 0 Å². The number of nitrogens with zero attached hydrogens (tertiary/aromatic N) is 3. The zero-order chi connectivity index (χ0) is 27.7. The Kier molecular flexibility index (Phi) is 8.28. The van der Waals surface area contributed by atoms with Gasteiger partial charge in [-0.05, 0) is 86.2 Å². The highest BCUT2D eigenvalue weighted by Crippen LogP contribution is 2.32. The highest BCUT2D eigenvalue weighted by Gasteiger charge is 2.34. The summed E-state index contributed by atoms with van der Waals surface area (Å²) in [5.74, 6) is 0.993. The summed E-state index contributed by atoms with van der Waals surface area (Å²) < 4.78 is 7.82. The monoisotopic (exact) mass is 551 g/mol. The summed E-state index contributed by atoms with van der Waals surface area (Å²) in [7, 11) is 1.68. The molecule has 0 bridgehead atoms. The predicted molar refractivity (Wildman–Crippen MR) is 155 cm³/mol. The Hall–Kier alpha value is -3.16. The molecular weight excluding hydrogens is 518 g/mol. The first kappa shape index (κ1) is 27.9. The predicted octanol–water partition coefficient (Wildman–Crippen LogP) is 5.20. The molecule has 1 atom stereocenters. The van der Waals surface area contributed by atoms with Crippen molar-refractivity contribution in [3.8, 4) is 5.75 Å². The van der Waals surface area contributed by atoms with Crippen molar-refractivity contribution in [2.75, 3.05) is 20.2 Å². The quantitative estimate of drug-likeness (QED) is 0.405. The minimum Gasteiger partial charge on any atom is -0.496 e. The summed E-state index contributed by atoms with van der Waals surface area (Å²) in [6.07, 6.45) is 1.93. The van der Waals surface area contributed by atoms with Crippen LogP contribution in [0, 0.1) is 6.92 Å². The van der Waals surface area contributed by atoms with Crippen LogP contribution in [-0.4, -0.2) is 35.6 Å². The number of likely N-dealkylation sites (N-methyl/N-ethyl adjacent to an activating group) is 1. The van der Waals surface area contributed by atoms with E-state index in [1.807, 2.05) is 52.0 Å². The van der Waals surface area contributed by atoms with Crippen LogP contribution in [-0.2, 0) is 4.79 Å². The smallest absolute Gasteiger partial charge is 0.271 e. The summed E-state index contributed by atoms with van der Waals surface area (Å²) in [6.45, 7) is 13.1. The number of hydrogen-bond donors (Lipinski definition) is 0. The van der Waals surface area contributed by atoms with Crippen LogP contribution in [0.5, 0.6) is 5.75 Å². The van der Waals surface area contributed by atoms with Gasteiger partial charge in [0.1, 0.15) is 5.75 Å². The molecule has 0 N–H and O–H groups in total. The van der Waals surface area contributed by atoms with E-state index in [4.69, 9.17) is 21.3 Å². The first-order valence-electron chi connectivity index (χ1n) is 12.9. The maximum absolute atomic E-state index is 14.0. The van der Waals surface area contributed by atoms with E-state index in [1.165, 1.54) is 11.3 Å². The molecule has 0 aliphatic carbocycles. The number of methoxy groups -OCH3 is 1. The number of benzene rings is 2. The van der Waals surface area contributed by atoms with E-state index in [2.05, 4.69) is 19.9 Å². The molecule has 1 aliphatic heterocycles. The molecule has 0 unspecified atom stereocenters.